The Hall–Kier alpha value is -4.05. The van der Waals surface area contributed by atoms with Crippen LogP contribution in [-0.4, -0.2) is 63.1 Å². The maximum atomic E-state index is 11.9. The van der Waals surface area contributed by atoms with Gasteiger partial charge >= 0.3 is 0 Å². The highest BCUT2D eigenvalue weighted by atomic mass is 16.5. The van der Waals surface area contributed by atoms with Gasteiger partial charge in [0.05, 0.1) is 32.2 Å². The van der Waals surface area contributed by atoms with Crippen LogP contribution in [0.3, 0.4) is 0 Å². The number of aliphatic hydroxyl groups excluding tert-OH is 1. The molecule has 10 nitrogen and oxygen atoms in total. The summed E-state index contributed by atoms with van der Waals surface area (Å²) in [6.45, 7) is 3.09. The normalized spacial score (nSPS) is 11.9. The van der Waals surface area contributed by atoms with Crippen LogP contribution in [-0.2, 0) is 6.54 Å². The van der Waals surface area contributed by atoms with E-state index in [1.54, 1.807) is 43.4 Å². The summed E-state index contributed by atoms with van der Waals surface area (Å²) in [5.41, 5.74) is 3.85. The van der Waals surface area contributed by atoms with E-state index in [9.17, 15) is 4.79 Å². The molecule has 0 aliphatic carbocycles. The molecule has 176 valence electrons. The summed E-state index contributed by atoms with van der Waals surface area (Å²) in [5, 5.41) is 20.3. The highest BCUT2D eigenvalue weighted by Gasteiger charge is 2.15. The Kier molecular flexibility index (Phi) is 6.98. The molecule has 4 rings (SSSR count). The summed E-state index contributed by atoms with van der Waals surface area (Å²) in [6, 6.07) is 9.30. The van der Waals surface area contributed by atoms with E-state index in [1.807, 2.05) is 18.2 Å². The van der Waals surface area contributed by atoms with Gasteiger partial charge in [0, 0.05) is 48.3 Å². The van der Waals surface area contributed by atoms with Crippen molar-refractivity contribution in [2.24, 2.45) is 0 Å². The third kappa shape index (κ3) is 4.81. The smallest absolute Gasteiger partial charge is 0.251 e. The van der Waals surface area contributed by atoms with Crippen LogP contribution >= 0.6 is 0 Å². The van der Waals surface area contributed by atoms with Gasteiger partial charge < -0.3 is 20.5 Å². The predicted octanol–water partition coefficient (Wildman–Crippen LogP) is 2.46. The molecule has 3 aromatic heterocycles. The summed E-state index contributed by atoms with van der Waals surface area (Å²) in [5.74, 6) is 1.30. The summed E-state index contributed by atoms with van der Waals surface area (Å²) < 4.78 is 7.19. The van der Waals surface area contributed by atoms with Crippen molar-refractivity contribution < 1.29 is 14.6 Å². The number of rotatable bonds is 9. The molecule has 0 aliphatic rings. The number of carbonyl (C=O) groups is 1. The van der Waals surface area contributed by atoms with Crippen molar-refractivity contribution in [3.05, 3.63) is 60.2 Å². The first-order valence-electron chi connectivity index (χ1n) is 10.9. The minimum atomic E-state index is -0.155. The van der Waals surface area contributed by atoms with Gasteiger partial charge in [0.15, 0.2) is 5.65 Å². The summed E-state index contributed by atoms with van der Waals surface area (Å²) >= 11 is 0. The van der Waals surface area contributed by atoms with Crippen LogP contribution in [0.5, 0.6) is 5.75 Å². The lowest BCUT2D eigenvalue weighted by Gasteiger charge is -2.17. The number of fused-ring (bicyclic) bond motifs is 1. The van der Waals surface area contributed by atoms with Crippen molar-refractivity contribution in [3.63, 3.8) is 0 Å². The Morgan fingerprint density at radius 1 is 1.18 bits per heavy atom. The molecule has 0 saturated heterocycles. The number of anilines is 1. The molecule has 10 heteroatoms. The number of hydrogen-bond donors (Lipinski definition) is 3. The van der Waals surface area contributed by atoms with Crippen LogP contribution < -0.4 is 15.4 Å². The molecule has 3 heterocycles. The molecule has 0 radical (unpaired) electrons. The van der Waals surface area contributed by atoms with E-state index < -0.39 is 0 Å². The lowest BCUT2D eigenvalue weighted by molar-refractivity contribution is 0.0962. The van der Waals surface area contributed by atoms with Crippen molar-refractivity contribution in [2.45, 2.75) is 19.4 Å². The predicted molar refractivity (Wildman–Crippen MR) is 129 cm³/mol. The fourth-order valence-electron chi connectivity index (χ4n) is 3.75. The van der Waals surface area contributed by atoms with Crippen molar-refractivity contribution in [1.29, 1.82) is 0 Å². The van der Waals surface area contributed by atoms with E-state index in [0.29, 0.717) is 30.2 Å². The van der Waals surface area contributed by atoms with Crippen LogP contribution in [0.25, 0.3) is 22.3 Å². The molecule has 1 aromatic carbocycles. The number of carbonyl (C=O) groups excluding carboxylic acids is 1. The molecule has 1 unspecified atom stereocenters. The second-order valence-corrected chi connectivity index (χ2v) is 7.83. The van der Waals surface area contributed by atoms with Crippen LogP contribution in [0.1, 0.15) is 28.8 Å². The first-order chi connectivity index (χ1) is 16.5. The van der Waals surface area contributed by atoms with Crippen LogP contribution in [0, 0.1) is 0 Å². The molecular formula is C24H27N7O3. The number of benzene rings is 1. The highest BCUT2D eigenvalue weighted by molar-refractivity contribution is 5.94. The van der Waals surface area contributed by atoms with E-state index in [2.05, 4.69) is 37.6 Å². The SMILES string of the molecule is CNC(=O)c1ccc(C(C)CNc2cc(-c3cnc4c(cnn4CCO)c3)ncn2)c(OC)c1. The maximum absolute atomic E-state index is 11.9. The Morgan fingerprint density at radius 3 is 2.79 bits per heavy atom. The number of nitrogens with one attached hydrogen (secondary N) is 2. The lowest BCUT2D eigenvalue weighted by atomic mass is 9.98. The number of ether oxygens (including phenoxy) is 1. The average molecular weight is 462 g/mol. The van der Waals surface area contributed by atoms with E-state index in [4.69, 9.17) is 9.84 Å². The minimum Gasteiger partial charge on any atom is -0.496 e. The van der Waals surface area contributed by atoms with Gasteiger partial charge in [0.25, 0.3) is 5.91 Å². The molecule has 4 aromatic rings. The Labute approximate surface area is 197 Å². The zero-order valence-corrected chi connectivity index (χ0v) is 19.3. The number of methoxy groups -OCH3 is 1. The average Bonchev–Trinajstić information content (AvgIpc) is 3.28. The number of hydrogen-bond acceptors (Lipinski definition) is 8. The summed E-state index contributed by atoms with van der Waals surface area (Å²) in [6.07, 6.45) is 4.98. The summed E-state index contributed by atoms with van der Waals surface area (Å²) in [4.78, 5) is 25.1. The van der Waals surface area contributed by atoms with E-state index in [0.717, 1.165) is 27.9 Å². The van der Waals surface area contributed by atoms with Gasteiger partial charge in [-0.2, -0.15) is 5.10 Å². The molecule has 0 saturated carbocycles. The van der Waals surface area contributed by atoms with Crippen LogP contribution in [0.2, 0.25) is 0 Å². The minimum absolute atomic E-state index is 0.00363. The molecule has 0 aliphatic heterocycles. The standard InChI is InChI=1S/C24H27N7O3/c1-15(19-5-4-16(24(33)25-2)9-21(19)34-3)11-26-22-10-20(28-14-29-22)17-8-18-13-30-31(6-7-32)23(18)27-12-17/h4-5,8-10,12-15,32H,6-7,11H2,1-3H3,(H,25,33)(H,26,28,29). The fourth-order valence-corrected chi connectivity index (χ4v) is 3.75. The zero-order chi connectivity index (χ0) is 24.1. The van der Waals surface area contributed by atoms with Gasteiger partial charge in [0.2, 0.25) is 0 Å². The van der Waals surface area contributed by atoms with Gasteiger partial charge in [-0.1, -0.05) is 13.0 Å². The van der Waals surface area contributed by atoms with Crippen LogP contribution in [0.4, 0.5) is 5.82 Å². The quantitative estimate of drug-likeness (QED) is 0.347. The Bertz CT molecular complexity index is 1300. The highest BCUT2D eigenvalue weighted by Crippen LogP contribution is 2.28. The largest absolute Gasteiger partial charge is 0.496 e. The first-order valence-corrected chi connectivity index (χ1v) is 10.9. The number of amides is 1. The number of pyridine rings is 1. The second kappa shape index (κ2) is 10.3. The third-order valence-corrected chi connectivity index (χ3v) is 5.59. The molecular weight excluding hydrogens is 434 g/mol. The number of aromatic nitrogens is 5. The van der Waals surface area contributed by atoms with Gasteiger partial charge in [0.1, 0.15) is 17.9 Å². The second-order valence-electron chi connectivity index (χ2n) is 7.83. The van der Waals surface area contributed by atoms with Crippen molar-refractivity contribution in [2.75, 3.05) is 32.6 Å². The molecule has 34 heavy (non-hydrogen) atoms. The molecule has 1 amide bonds. The molecule has 0 bridgehead atoms. The van der Waals surface area contributed by atoms with E-state index >= 15 is 0 Å². The fraction of sp³-hybridized carbons (Fsp3) is 0.292. The lowest BCUT2D eigenvalue weighted by Crippen LogP contribution is -2.18. The summed E-state index contributed by atoms with van der Waals surface area (Å²) in [7, 11) is 3.20. The van der Waals surface area contributed by atoms with Crippen molar-refractivity contribution >= 4 is 22.8 Å². The van der Waals surface area contributed by atoms with E-state index in [1.165, 1.54) is 6.33 Å². The number of aliphatic hydroxyl groups is 1. The first kappa shape index (κ1) is 23.1. The van der Waals surface area contributed by atoms with Crippen molar-refractivity contribution in [3.8, 4) is 17.0 Å². The Morgan fingerprint density at radius 2 is 2.03 bits per heavy atom. The monoisotopic (exact) mass is 461 g/mol. The van der Waals surface area contributed by atoms with Gasteiger partial charge in [-0.25, -0.2) is 19.6 Å². The molecule has 1 atom stereocenters. The van der Waals surface area contributed by atoms with Gasteiger partial charge in [-0.15, -0.1) is 0 Å². The van der Waals surface area contributed by atoms with Gasteiger partial charge in [-0.05, 0) is 23.8 Å². The molecule has 0 fully saturated rings. The van der Waals surface area contributed by atoms with Gasteiger partial charge in [-0.3, -0.25) is 4.79 Å². The number of nitrogens with zero attached hydrogens (tertiary/aromatic N) is 5. The van der Waals surface area contributed by atoms with Crippen LogP contribution in [0.15, 0.2) is 49.1 Å². The maximum Gasteiger partial charge on any atom is 0.251 e. The topological polar surface area (TPSA) is 127 Å². The van der Waals surface area contributed by atoms with Crippen molar-refractivity contribution in [1.82, 2.24) is 30.0 Å². The molecule has 3 N–H and O–H groups in total. The third-order valence-electron chi connectivity index (χ3n) is 5.59. The molecule has 0 spiro atoms. The Balaban J connectivity index is 1.49. The van der Waals surface area contributed by atoms with E-state index in [-0.39, 0.29) is 18.4 Å². The zero-order valence-electron chi connectivity index (χ0n) is 19.3.